The minimum atomic E-state index is -4.27. The summed E-state index contributed by atoms with van der Waals surface area (Å²) in [7, 11) is 0. The Morgan fingerprint density at radius 3 is 2.42 bits per heavy atom. The molecule has 1 aromatic carbocycles. The van der Waals surface area contributed by atoms with Crippen LogP contribution in [-0.2, 0) is 11.2 Å². The first-order valence-electron chi connectivity index (χ1n) is 12.0. The van der Waals surface area contributed by atoms with Crippen LogP contribution >= 0.6 is 23.4 Å². The summed E-state index contributed by atoms with van der Waals surface area (Å²) in [5.74, 6) is 1.45. The highest BCUT2D eigenvalue weighted by Crippen LogP contribution is 2.37. The van der Waals surface area contributed by atoms with Crippen LogP contribution in [0.5, 0.6) is 0 Å². The SMILES string of the molecule is C.O=C(CCN1CCN(c2ccc(Cl)cn2)CC1)N1CCC[C@H](Cc2ccc(SC(F)(F)F)cc2)C1. The second kappa shape index (κ2) is 13.0. The number of carbonyl (C=O) groups excluding carboxylic acids is 1. The van der Waals surface area contributed by atoms with Crippen LogP contribution in [0.4, 0.5) is 19.0 Å². The van der Waals surface area contributed by atoms with Gasteiger partial charge in [-0.3, -0.25) is 9.69 Å². The molecule has 198 valence electrons. The van der Waals surface area contributed by atoms with Gasteiger partial charge >= 0.3 is 5.51 Å². The number of halogens is 4. The van der Waals surface area contributed by atoms with E-state index < -0.39 is 5.51 Å². The van der Waals surface area contributed by atoms with Gasteiger partial charge in [-0.1, -0.05) is 31.2 Å². The monoisotopic (exact) mass is 542 g/mol. The van der Waals surface area contributed by atoms with Gasteiger partial charge in [-0.25, -0.2) is 4.98 Å². The first kappa shape index (κ1) is 28.6. The average molecular weight is 543 g/mol. The summed E-state index contributed by atoms with van der Waals surface area (Å²) in [5, 5.41) is 0.629. The maximum Gasteiger partial charge on any atom is 0.446 e. The number of piperidine rings is 1. The van der Waals surface area contributed by atoms with Crippen LogP contribution in [0.3, 0.4) is 0 Å². The van der Waals surface area contributed by atoms with Gasteiger partial charge in [0, 0.05) is 63.3 Å². The maximum absolute atomic E-state index is 12.9. The molecular formula is C26H34ClF3N4OS. The number of thioether (sulfide) groups is 1. The fraction of sp³-hybridized carbons (Fsp3) is 0.538. The molecule has 10 heteroatoms. The van der Waals surface area contributed by atoms with Gasteiger partial charge in [-0.2, -0.15) is 13.2 Å². The second-order valence-corrected chi connectivity index (χ2v) is 10.7. The molecule has 1 aromatic heterocycles. The minimum Gasteiger partial charge on any atom is -0.354 e. The van der Waals surface area contributed by atoms with E-state index in [9.17, 15) is 18.0 Å². The van der Waals surface area contributed by atoms with Crippen LogP contribution < -0.4 is 4.90 Å². The van der Waals surface area contributed by atoms with Gasteiger partial charge in [-0.15, -0.1) is 0 Å². The van der Waals surface area contributed by atoms with E-state index in [1.807, 2.05) is 17.0 Å². The van der Waals surface area contributed by atoms with E-state index in [0.29, 0.717) is 23.9 Å². The summed E-state index contributed by atoms with van der Waals surface area (Å²) >= 11 is 5.83. The van der Waals surface area contributed by atoms with Crippen LogP contribution in [-0.4, -0.2) is 72.0 Å². The van der Waals surface area contributed by atoms with E-state index in [1.165, 1.54) is 12.1 Å². The number of amides is 1. The topological polar surface area (TPSA) is 39.7 Å². The van der Waals surface area contributed by atoms with Crippen molar-refractivity contribution in [3.63, 3.8) is 0 Å². The number of nitrogens with zero attached hydrogens (tertiary/aromatic N) is 4. The molecule has 0 radical (unpaired) electrons. The smallest absolute Gasteiger partial charge is 0.354 e. The molecular weight excluding hydrogens is 509 g/mol. The van der Waals surface area contributed by atoms with Crippen molar-refractivity contribution >= 4 is 35.1 Å². The summed E-state index contributed by atoms with van der Waals surface area (Å²) in [5.41, 5.74) is -3.25. The van der Waals surface area contributed by atoms with Gasteiger partial charge in [0.2, 0.25) is 5.91 Å². The third kappa shape index (κ3) is 8.56. The zero-order valence-corrected chi connectivity index (χ0v) is 21.1. The average Bonchev–Trinajstić information content (AvgIpc) is 2.84. The summed E-state index contributed by atoms with van der Waals surface area (Å²) in [4.78, 5) is 24.0. The molecule has 0 aliphatic carbocycles. The number of hydrogen-bond acceptors (Lipinski definition) is 5. The second-order valence-electron chi connectivity index (χ2n) is 9.16. The Bertz CT molecular complexity index is 967. The van der Waals surface area contributed by atoms with E-state index in [2.05, 4.69) is 14.8 Å². The first-order chi connectivity index (χ1) is 16.7. The van der Waals surface area contributed by atoms with Crippen molar-refractivity contribution in [2.45, 2.75) is 43.5 Å². The number of rotatable bonds is 7. The Kier molecular flexibility index (Phi) is 10.3. The standard InChI is InChI=1S/C25H30ClF3N4OS.CH4/c26-21-5-8-23(30-17-21)32-14-12-31(13-15-32)11-9-24(34)33-10-1-2-20(18-33)16-19-3-6-22(7-4-19)35-25(27,28)29;/h3-8,17,20H,1-2,9-16,18H2;1H4/t20-;/m1./s1. The van der Waals surface area contributed by atoms with Gasteiger partial charge < -0.3 is 9.80 Å². The maximum atomic E-state index is 12.9. The number of likely N-dealkylation sites (tertiary alicyclic amines) is 1. The van der Waals surface area contributed by atoms with Crippen LogP contribution in [0.1, 0.15) is 32.3 Å². The summed E-state index contributed by atoms with van der Waals surface area (Å²) in [6, 6.07) is 10.4. The number of alkyl halides is 3. The van der Waals surface area contributed by atoms with Crippen molar-refractivity contribution in [3.05, 3.63) is 53.2 Å². The molecule has 36 heavy (non-hydrogen) atoms. The molecule has 1 amide bonds. The molecule has 2 aliphatic rings. The van der Waals surface area contributed by atoms with Crippen molar-refractivity contribution in [2.24, 2.45) is 5.92 Å². The third-order valence-corrected chi connectivity index (χ3v) is 7.57. The molecule has 0 spiro atoms. The largest absolute Gasteiger partial charge is 0.446 e. The van der Waals surface area contributed by atoms with Gasteiger partial charge in [0.1, 0.15) is 5.82 Å². The molecule has 4 rings (SSSR count). The number of aromatic nitrogens is 1. The summed E-state index contributed by atoms with van der Waals surface area (Å²) < 4.78 is 37.6. The zero-order valence-electron chi connectivity index (χ0n) is 19.5. The lowest BCUT2D eigenvalue weighted by atomic mass is 9.91. The Balaban J connectivity index is 0.00000361. The fourth-order valence-electron chi connectivity index (χ4n) is 4.79. The number of anilines is 1. The van der Waals surface area contributed by atoms with E-state index in [-0.39, 0.29) is 30.0 Å². The number of benzene rings is 1. The van der Waals surface area contributed by atoms with Crippen LogP contribution in [0.25, 0.3) is 0 Å². The molecule has 2 fully saturated rings. The molecule has 2 aliphatic heterocycles. The number of carbonyl (C=O) groups is 1. The summed E-state index contributed by atoms with van der Waals surface area (Å²) in [6.07, 6.45) is 4.95. The van der Waals surface area contributed by atoms with Crippen LogP contribution in [0.15, 0.2) is 47.5 Å². The predicted molar refractivity (Wildman–Crippen MR) is 141 cm³/mol. The minimum absolute atomic E-state index is 0. The Labute approximate surface area is 221 Å². The molecule has 0 saturated carbocycles. The number of piperazine rings is 1. The Morgan fingerprint density at radius 2 is 1.78 bits per heavy atom. The lowest BCUT2D eigenvalue weighted by Gasteiger charge is -2.36. The third-order valence-electron chi connectivity index (χ3n) is 6.60. The first-order valence-corrected chi connectivity index (χ1v) is 13.2. The van der Waals surface area contributed by atoms with Gasteiger partial charge in [-0.05, 0) is 66.8 Å². The number of hydrogen-bond donors (Lipinski definition) is 0. The van der Waals surface area contributed by atoms with Gasteiger partial charge in [0.05, 0.1) is 5.02 Å². The molecule has 5 nitrogen and oxygen atoms in total. The van der Waals surface area contributed by atoms with E-state index in [1.54, 1.807) is 18.3 Å². The molecule has 3 heterocycles. The van der Waals surface area contributed by atoms with Gasteiger partial charge in [0.15, 0.2) is 0 Å². The predicted octanol–water partition coefficient (Wildman–Crippen LogP) is 5.98. The molecule has 2 aromatic rings. The highest BCUT2D eigenvalue weighted by molar-refractivity contribution is 8.00. The fourth-order valence-corrected chi connectivity index (χ4v) is 5.44. The lowest BCUT2D eigenvalue weighted by Crippen LogP contribution is -2.48. The van der Waals surface area contributed by atoms with Crippen molar-refractivity contribution in [1.29, 1.82) is 0 Å². The Hall–Kier alpha value is -1.97. The van der Waals surface area contributed by atoms with Crippen molar-refractivity contribution in [1.82, 2.24) is 14.8 Å². The molecule has 0 unspecified atom stereocenters. The Morgan fingerprint density at radius 1 is 1.06 bits per heavy atom. The van der Waals surface area contributed by atoms with E-state index in [4.69, 9.17) is 11.6 Å². The van der Waals surface area contributed by atoms with E-state index in [0.717, 1.165) is 69.9 Å². The van der Waals surface area contributed by atoms with Crippen molar-refractivity contribution in [3.8, 4) is 0 Å². The summed E-state index contributed by atoms with van der Waals surface area (Å²) in [6.45, 7) is 5.77. The van der Waals surface area contributed by atoms with E-state index >= 15 is 0 Å². The highest BCUT2D eigenvalue weighted by atomic mass is 35.5. The molecule has 1 atom stereocenters. The molecule has 0 bridgehead atoms. The normalized spacial score (nSPS) is 19.2. The number of pyridine rings is 1. The van der Waals surface area contributed by atoms with Crippen molar-refractivity contribution < 1.29 is 18.0 Å². The van der Waals surface area contributed by atoms with Crippen molar-refractivity contribution in [2.75, 3.05) is 50.7 Å². The molecule has 2 saturated heterocycles. The van der Waals surface area contributed by atoms with Crippen LogP contribution in [0.2, 0.25) is 5.02 Å². The molecule has 0 N–H and O–H groups in total. The lowest BCUT2D eigenvalue weighted by molar-refractivity contribution is -0.133. The van der Waals surface area contributed by atoms with Gasteiger partial charge in [0.25, 0.3) is 0 Å². The highest BCUT2D eigenvalue weighted by Gasteiger charge is 2.29. The van der Waals surface area contributed by atoms with Crippen LogP contribution in [0, 0.1) is 5.92 Å². The quantitative estimate of drug-likeness (QED) is 0.403. The zero-order chi connectivity index (χ0) is 24.8.